The number of rotatable bonds is 6. The second-order valence-corrected chi connectivity index (χ2v) is 8.13. The lowest BCUT2D eigenvalue weighted by Crippen LogP contribution is -2.02. The molecule has 0 aliphatic carbocycles. The van der Waals surface area contributed by atoms with Crippen LogP contribution in [0.25, 0.3) is 39.5 Å². The maximum Gasteiger partial charge on any atom is 0.303 e. The molecule has 0 bridgehead atoms. The Bertz CT molecular complexity index is 1510. The Morgan fingerprint density at radius 3 is 2.54 bits per heavy atom. The molecule has 0 unspecified atom stereocenters. The molecule has 2 N–H and O–H groups in total. The number of hydrogen-bond donors (Lipinski definition) is 1. The van der Waals surface area contributed by atoms with E-state index in [1.54, 1.807) is 12.4 Å². The van der Waals surface area contributed by atoms with E-state index in [9.17, 15) is 4.79 Å². The number of carbonyl (C=O) groups is 1. The molecule has 35 heavy (non-hydrogen) atoms. The average Bonchev–Trinajstić information content (AvgIpc) is 3.26. The highest BCUT2D eigenvalue weighted by Gasteiger charge is 2.18. The number of nitrogens with zero attached hydrogens (tertiary/aromatic N) is 5. The molecule has 174 valence electrons. The lowest BCUT2D eigenvalue weighted by atomic mass is 10.1. The standard InChI is InChI=1S/C26H21ClN6O2/c1-16(34)35-15-19-7-6-18(14-30-19)22-10-11-23-26(31-22)33(20-8-4-17(13-27)5-9-20)25(32-23)21-3-2-12-29-24(21)28/h2-12,14H,13,15H2,1H3,(H2,28,29). The normalized spacial score (nSPS) is 11.0. The fourth-order valence-corrected chi connectivity index (χ4v) is 3.90. The number of pyridine rings is 3. The molecular formula is C26H21ClN6O2. The predicted octanol–water partition coefficient (Wildman–Crippen LogP) is 4.93. The Balaban J connectivity index is 1.64. The maximum absolute atomic E-state index is 11.1. The fraction of sp³-hybridized carbons (Fsp3) is 0.115. The van der Waals surface area contributed by atoms with Gasteiger partial charge < -0.3 is 10.5 Å². The number of nitrogen functional groups attached to an aromatic ring is 1. The first-order valence-electron chi connectivity index (χ1n) is 10.9. The molecule has 0 fully saturated rings. The van der Waals surface area contributed by atoms with Gasteiger partial charge >= 0.3 is 5.97 Å². The van der Waals surface area contributed by atoms with Gasteiger partial charge in [-0.15, -0.1) is 11.6 Å². The number of benzene rings is 1. The largest absolute Gasteiger partial charge is 0.459 e. The first-order chi connectivity index (χ1) is 17.0. The van der Waals surface area contributed by atoms with Crippen molar-refractivity contribution in [2.45, 2.75) is 19.4 Å². The molecule has 9 heteroatoms. The molecule has 1 aromatic carbocycles. The molecule has 0 radical (unpaired) electrons. The summed E-state index contributed by atoms with van der Waals surface area (Å²) in [5.41, 5.74) is 12.4. The Labute approximate surface area is 206 Å². The number of fused-ring (bicyclic) bond motifs is 1. The Hall–Kier alpha value is -4.30. The van der Waals surface area contributed by atoms with Crippen molar-refractivity contribution >= 4 is 34.6 Å². The molecule has 5 rings (SSSR count). The van der Waals surface area contributed by atoms with Gasteiger partial charge in [0.2, 0.25) is 0 Å². The van der Waals surface area contributed by atoms with Crippen molar-refractivity contribution < 1.29 is 9.53 Å². The van der Waals surface area contributed by atoms with Gasteiger partial charge in [-0.3, -0.25) is 14.3 Å². The van der Waals surface area contributed by atoms with E-state index >= 15 is 0 Å². The van der Waals surface area contributed by atoms with E-state index in [2.05, 4.69) is 9.97 Å². The van der Waals surface area contributed by atoms with Crippen LogP contribution in [-0.2, 0) is 22.0 Å². The van der Waals surface area contributed by atoms with E-state index in [0.29, 0.717) is 39.9 Å². The van der Waals surface area contributed by atoms with Crippen molar-refractivity contribution in [3.63, 3.8) is 0 Å². The number of alkyl halides is 1. The van der Waals surface area contributed by atoms with Crippen molar-refractivity contribution in [2.75, 3.05) is 5.73 Å². The van der Waals surface area contributed by atoms with Gasteiger partial charge in [0.25, 0.3) is 0 Å². The minimum Gasteiger partial charge on any atom is -0.459 e. The fourth-order valence-electron chi connectivity index (χ4n) is 3.72. The molecule has 0 aliphatic rings. The van der Waals surface area contributed by atoms with Crippen LogP contribution in [0, 0.1) is 0 Å². The van der Waals surface area contributed by atoms with Crippen molar-refractivity contribution in [3.05, 3.63) is 84.3 Å². The minimum atomic E-state index is -0.347. The third-order valence-corrected chi connectivity index (χ3v) is 5.79. The summed E-state index contributed by atoms with van der Waals surface area (Å²) in [4.78, 5) is 29.5. The number of halogens is 1. The van der Waals surface area contributed by atoms with Gasteiger partial charge in [-0.25, -0.2) is 15.0 Å². The highest BCUT2D eigenvalue weighted by molar-refractivity contribution is 6.17. The number of nitrogens with two attached hydrogens (primary N) is 1. The minimum absolute atomic E-state index is 0.128. The monoisotopic (exact) mass is 484 g/mol. The predicted molar refractivity (Wildman–Crippen MR) is 135 cm³/mol. The van der Waals surface area contributed by atoms with Crippen LogP contribution in [-0.4, -0.2) is 30.5 Å². The second kappa shape index (κ2) is 9.52. The number of aromatic nitrogens is 5. The molecule has 4 heterocycles. The van der Waals surface area contributed by atoms with E-state index in [1.807, 2.05) is 65.2 Å². The maximum atomic E-state index is 11.1. The molecule has 0 aliphatic heterocycles. The lowest BCUT2D eigenvalue weighted by Gasteiger charge is -2.11. The average molecular weight is 485 g/mol. The van der Waals surface area contributed by atoms with Crippen LogP contribution in [0.3, 0.4) is 0 Å². The Kier molecular flexibility index (Phi) is 6.12. The van der Waals surface area contributed by atoms with Crippen molar-refractivity contribution in [1.82, 2.24) is 24.5 Å². The third kappa shape index (κ3) is 4.56. The highest BCUT2D eigenvalue weighted by Crippen LogP contribution is 2.31. The molecule has 0 spiro atoms. The van der Waals surface area contributed by atoms with Gasteiger partial charge in [-0.1, -0.05) is 12.1 Å². The van der Waals surface area contributed by atoms with Gasteiger partial charge in [-0.05, 0) is 54.1 Å². The third-order valence-electron chi connectivity index (χ3n) is 5.48. The van der Waals surface area contributed by atoms with E-state index < -0.39 is 0 Å². The van der Waals surface area contributed by atoms with Crippen molar-refractivity contribution in [1.29, 1.82) is 0 Å². The molecule has 5 aromatic rings. The molecule has 0 saturated heterocycles. The Morgan fingerprint density at radius 2 is 1.86 bits per heavy atom. The van der Waals surface area contributed by atoms with E-state index in [-0.39, 0.29) is 12.6 Å². The van der Waals surface area contributed by atoms with Crippen LogP contribution in [0.15, 0.2) is 73.1 Å². The van der Waals surface area contributed by atoms with Crippen molar-refractivity contribution in [2.24, 2.45) is 0 Å². The second-order valence-electron chi connectivity index (χ2n) is 7.86. The lowest BCUT2D eigenvalue weighted by molar-refractivity contribution is -0.142. The number of hydrogen-bond acceptors (Lipinski definition) is 7. The van der Waals surface area contributed by atoms with Crippen LogP contribution in [0.5, 0.6) is 0 Å². The van der Waals surface area contributed by atoms with Crippen LogP contribution in [0.2, 0.25) is 0 Å². The number of esters is 1. The van der Waals surface area contributed by atoms with Gasteiger partial charge in [-0.2, -0.15) is 0 Å². The van der Waals surface area contributed by atoms with E-state index in [1.165, 1.54) is 6.92 Å². The van der Waals surface area contributed by atoms with Gasteiger partial charge in [0.05, 0.1) is 17.0 Å². The van der Waals surface area contributed by atoms with Gasteiger partial charge in [0.1, 0.15) is 17.9 Å². The van der Waals surface area contributed by atoms with E-state index in [4.69, 9.17) is 32.0 Å². The highest BCUT2D eigenvalue weighted by atomic mass is 35.5. The SMILES string of the molecule is CC(=O)OCc1ccc(-c2ccc3nc(-c4cccnc4N)n(-c4ccc(CCl)cc4)c3n2)cn1. The number of ether oxygens (including phenoxy) is 1. The number of imidazole rings is 1. The molecular weight excluding hydrogens is 464 g/mol. The number of carbonyl (C=O) groups excluding carboxylic acids is 1. The zero-order valence-electron chi connectivity index (χ0n) is 18.9. The first kappa shape index (κ1) is 22.5. The van der Waals surface area contributed by atoms with Gasteiger partial charge in [0.15, 0.2) is 11.5 Å². The zero-order valence-corrected chi connectivity index (χ0v) is 19.6. The summed E-state index contributed by atoms with van der Waals surface area (Å²) in [5.74, 6) is 1.11. The molecule has 0 atom stereocenters. The van der Waals surface area contributed by atoms with Crippen LogP contribution < -0.4 is 5.73 Å². The Morgan fingerprint density at radius 1 is 1.03 bits per heavy atom. The molecule has 4 aromatic heterocycles. The summed E-state index contributed by atoms with van der Waals surface area (Å²) in [7, 11) is 0. The molecule has 0 amide bonds. The van der Waals surface area contributed by atoms with Crippen LogP contribution in [0.4, 0.5) is 5.82 Å². The summed E-state index contributed by atoms with van der Waals surface area (Å²) in [6.07, 6.45) is 3.36. The van der Waals surface area contributed by atoms with Crippen molar-refractivity contribution in [3.8, 4) is 28.3 Å². The smallest absolute Gasteiger partial charge is 0.303 e. The van der Waals surface area contributed by atoms with Crippen LogP contribution in [0.1, 0.15) is 18.2 Å². The quantitative estimate of drug-likeness (QED) is 0.269. The zero-order chi connectivity index (χ0) is 24.4. The molecule has 0 saturated carbocycles. The molecule has 8 nitrogen and oxygen atoms in total. The summed E-state index contributed by atoms with van der Waals surface area (Å²) >= 11 is 6.00. The van der Waals surface area contributed by atoms with E-state index in [0.717, 1.165) is 22.5 Å². The summed E-state index contributed by atoms with van der Waals surface area (Å²) in [5, 5.41) is 0. The number of anilines is 1. The summed E-state index contributed by atoms with van der Waals surface area (Å²) in [6.45, 7) is 1.50. The first-order valence-corrected chi connectivity index (χ1v) is 11.4. The summed E-state index contributed by atoms with van der Waals surface area (Å²) in [6, 6.07) is 19.2. The van der Waals surface area contributed by atoms with Crippen LogP contribution >= 0.6 is 11.6 Å². The van der Waals surface area contributed by atoms with Gasteiger partial charge in [0, 0.05) is 36.4 Å². The summed E-state index contributed by atoms with van der Waals surface area (Å²) < 4.78 is 6.98. The topological polar surface area (TPSA) is 109 Å².